The van der Waals surface area contributed by atoms with Crippen molar-refractivity contribution in [3.05, 3.63) is 59.7 Å². The molecule has 1 heterocycles. The Labute approximate surface area is 116 Å². The lowest BCUT2D eigenvalue weighted by Gasteiger charge is -2.07. The molecular weight excluding hydrogens is 259 g/mol. The molecule has 2 rings (SSSR count). The minimum absolute atomic E-state index is 0.0331. The predicted octanol–water partition coefficient (Wildman–Crippen LogP) is 2.40. The van der Waals surface area contributed by atoms with Crippen LogP contribution in [-0.4, -0.2) is 22.6 Å². The van der Waals surface area contributed by atoms with E-state index in [0.29, 0.717) is 12.1 Å². The maximum Gasteiger partial charge on any atom is 0.274 e. The van der Waals surface area contributed by atoms with Gasteiger partial charge in [-0.15, -0.1) is 0 Å². The molecule has 0 atom stereocenters. The molecule has 5 heteroatoms. The first-order chi connectivity index (χ1) is 9.69. The molecule has 0 fully saturated rings. The second kappa shape index (κ2) is 6.77. The number of benzene rings is 1. The van der Waals surface area contributed by atoms with Crippen LogP contribution < -0.4 is 5.32 Å². The molecule has 0 spiro atoms. The fourth-order valence-electron chi connectivity index (χ4n) is 1.82. The first-order valence-electron chi connectivity index (χ1n) is 6.33. The summed E-state index contributed by atoms with van der Waals surface area (Å²) in [4.78, 5) is 15.4. The number of rotatable bonds is 5. The largest absolute Gasteiger partial charge is 0.396 e. The summed E-state index contributed by atoms with van der Waals surface area (Å²) in [5.74, 6) is -1.14. The average molecular weight is 274 g/mol. The Bertz CT molecular complexity index is 602. The second-order valence-electron chi connectivity index (χ2n) is 4.33. The van der Waals surface area contributed by atoms with Crippen LogP contribution in [0.3, 0.4) is 0 Å². The summed E-state index contributed by atoms with van der Waals surface area (Å²) in [6, 6.07) is 11.4. The molecule has 2 N–H and O–H groups in total. The molecule has 0 saturated carbocycles. The van der Waals surface area contributed by atoms with Crippen LogP contribution in [0.15, 0.2) is 42.5 Å². The van der Waals surface area contributed by atoms with Crippen molar-refractivity contribution in [1.29, 1.82) is 0 Å². The van der Waals surface area contributed by atoms with Gasteiger partial charge < -0.3 is 10.4 Å². The van der Waals surface area contributed by atoms with Gasteiger partial charge in [0.2, 0.25) is 5.95 Å². The number of aromatic nitrogens is 1. The predicted molar refractivity (Wildman–Crippen MR) is 74.0 cm³/mol. The standard InChI is InChI=1S/C15H15FN2O2/c16-14-8-2-7-13(18-14)15(20)17-12-6-1-4-11(10-12)5-3-9-19/h1-2,4,6-8,10,19H,3,5,9H2,(H,17,20). The summed E-state index contributed by atoms with van der Waals surface area (Å²) in [7, 11) is 0. The third kappa shape index (κ3) is 3.86. The number of amides is 1. The summed E-state index contributed by atoms with van der Waals surface area (Å²) in [6.07, 6.45) is 1.40. The third-order valence-corrected chi connectivity index (χ3v) is 2.76. The summed E-state index contributed by atoms with van der Waals surface area (Å²) in [5.41, 5.74) is 1.67. The Morgan fingerprint density at radius 2 is 2.05 bits per heavy atom. The van der Waals surface area contributed by atoms with Crippen molar-refractivity contribution in [3.8, 4) is 0 Å². The second-order valence-corrected chi connectivity index (χ2v) is 4.33. The molecule has 1 aromatic heterocycles. The average Bonchev–Trinajstić information content (AvgIpc) is 2.45. The highest BCUT2D eigenvalue weighted by atomic mass is 19.1. The van der Waals surface area contributed by atoms with Gasteiger partial charge >= 0.3 is 0 Å². The molecule has 0 saturated heterocycles. The number of hydrogen-bond acceptors (Lipinski definition) is 3. The molecule has 104 valence electrons. The van der Waals surface area contributed by atoms with Crippen LogP contribution >= 0.6 is 0 Å². The van der Waals surface area contributed by atoms with Crippen LogP contribution in [-0.2, 0) is 6.42 Å². The van der Waals surface area contributed by atoms with Crippen LogP contribution in [0.25, 0.3) is 0 Å². The van der Waals surface area contributed by atoms with Gasteiger partial charge in [-0.25, -0.2) is 4.98 Å². The zero-order chi connectivity index (χ0) is 14.4. The van der Waals surface area contributed by atoms with Gasteiger partial charge in [-0.3, -0.25) is 4.79 Å². The van der Waals surface area contributed by atoms with Crippen molar-refractivity contribution >= 4 is 11.6 Å². The number of halogens is 1. The number of aliphatic hydroxyl groups is 1. The molecular formula is C15H15FN2O2. The first-order valence-corrected chi connectivity index (χ1v) is 6.33. The number of anilines is 1. The van der Waals surface area contributed by atoms with E-state index in [9.17, 15) is 9.18 Å². The Morgan fingerprint density at radius 1 is 1.25 bits per heavy atom. The Kier molecular flexibility index (Phi) is 4.79. The number of nitrogens with one attached hydrogen (secondary N) is 1. The van der Waals surface area contributed by atoms with E-state index in [0.717, 1.165) is 12.0 Å². The van der Waals surface area contributed by atoms with Crippen molar-refractivity contribution in [2.24, 2.45) is 0 Å². The van der Waals surface area contributed by atoms with Gasteiger partial charge in [-0.1, -0.05) is 18.2 Å². The number of hydrogen-bond donors (Lipinski definition) is 2. The molecule has 1 aromatic carbocycles. The normalized spacial score (nSPS) is 10.3. The van der Waals surface area contributed by atoms with E-state index < -0.39 is 11.9 Å². The maximum atomic E-state index is 13.0. The first kappa shape index (κ1) is 14.1. The quantitative estimate of drug-likeness (QED) is 0.823. The zero-order valence-electron chi connectivity index (χ0n) is 10.8. The van der Waals surface area contributed by atoms with Crippen LogP contribution in [0.4, 0.5) is 10.1 Å². The molecule has 0 radical (unpaired) electrons. The fourth-order valence-corrected chi connectivity index (χ4v) is 1.82. The monoisotopic (exact) mass is 274 g/mol. The summed E-state index contributed by atoms with van der Waals surface area (Å²) in [5, 5.41) is 11.5. The number of aliphatic hydroxyl groups excluding tert-OH is 1. The van der Waals surface area contributed by atoms with Crippen LogP contribution in [0, 0.1) is 5.95 Å². The van der Waals surface area contributed by atoms with Crippen molar-refractivity contribution < 1.29 is 14.3 Å². The van der Waals surface area contributed by atoms with E-state index in [1.807, 2.05) is 18.2 Å². The SMILES string of the molecule is O=C(Nc1cccc(CCCO)c1)c1cccc(F)n1. The van der Waals surface area contributed by atoms with Gasteiger partial charge in [0.25, 0.3) is 5.91 Å². The maximum absolute atomic E-state index is 13.0. The van der Waals surface area contributed by atoms with E-state index in [1.165, 1.54) is 18.2 Å². The van der Waals surface area contributed by atoms with Crippen molar-refractivity contribution in [1.82, 2.24) is 4.98 Å². The van der Waals surface area contributed by atoms with Gasteiger partial charge in [0, 0.05) is 12.3 Å². The summed E-state index contributed by atoms with van der Waals surface area (Å²) in [6.45, 7) is 0.129. The Hall–Kier alpha value is -2.27. The number of carbonyl (C=O) groups is 1. The van der Waals surface area contributed by atoms with Gasteiger partial charge in [-0.2, -0.15) is 4.39 Å². The van der Waals surface area contributed by atoms with Crippen molar-refractivity contribution in [2.45, 2.75) is 12.8 Å². The van der Waals surface area contributed by atoms with Gasteiger partial charge in [0.15, 0.2) is 0 Å². The van der Waals surface area contributed by atoms with Crippen molar-refractivity contribution in [2.75, 3.05) is 11.9 Å². The molecule has 20 heavy (non-hydrogen) atoms. The van der Waals surface area contributed by atoms with Crippen LogP contribution in [0.2, 0.25) is 0 Å². The van der Waals surface area contributed by atoms with Crippen LogP contribution in [0.5, 0.6) is 0 Å². The molecule has 0 aliphatic carbocycles. The highest BCUT2D eigenvalue weighted by Crippen LogP contribution is 2.13. The lowest BCUT2D eigenvalue weighted by atomic mass is 10.1. The van der Waals surface area contributed by atoms with Crippen molar-refractivity contribution in [3.63, 3.8) is 0 Å². The smallest absolute Gasteiger partial charge is 0.274 e. The van der Waals surface area contributed by atoms with Gasteiger partial charge in [0.05, 0.1) is 0 Å². The third-order valence-electron chi connectivity index (χ3n) is 2.76. The number of nitrogens with zero attached hydrogens (tertiary/aromatic N) is 1. The van der Waals surface area contributed by atoms with Crippen LogP contribution in [0.1, 0.15) is 22.5 Å². The Morgan fingerprint density at radius 3 is 2.80 bits per heavy atom. The molecule has 4 nitrogen and oxygen atoms in total. The minimum atomic E-state index is -0.686. The molecule has 0 bridgehead atoms. The number of aryl methyl sites for hydroxylation is 1. The molecule has 2 aromatic rings. The summed E-state index contributed by atoms with van der Waals surface area (Å²) >= 11 is 0. The highest BCUT2D eigenvalue weighted by Gasteiger charge is 2.08. The van der Waals surface area contributed by atoms with Gasteiger partial charge in [0.1, 0.15) is 5.69 Å². The molecule has 1 amide bonds. The number of pyridine rings is 1. The lowest BCUT2D eigenvalue weighted by molar-refractivity contribution is 0.102. The van der Waals surface area contributed by atoms with Gasteiger partial charge in [-0.05, 0) is 42.7 Å². The molecule has 0 unspecified atom stereocenters. The highest BCUT2D eigenvalue weighted by molar-refractivity contribution is 6.02. The zero-order valence-corrected chi connectivity index (χ0v) is 10.8. The van der Waals surface area contributed by atoms with E-state index in [2.05, 4.69) is 10.3 Å². The summed E-state index contributed by atoms with van der Waals surface area (Å²) < 4.78 is 13.0. The fraction of sp³-hybridized carbons (Fsp3) is 0.200. The minimum Gasteiger partial charge on any atom is -0.396 e. The number of carbonyl (C=O) groups excluding carboxylic acids is 1. The van der Waals surface area contributed by atoms with E-state index in [-0.39, 0.29) is 12.3 Å². The molecule has 0 aliphatic rings. The van der Waals surface area contributed by atoms with E-state index in [1.54, 1.807) is 6.07 Å². The topological polar surface area (TPSA) is 62.2 Å². The lowest BCUT2D eigenvalue weighted by Crippen LogP contribution is -2.14. The van der Waals surface area contributed by atoms with E-state index in [4.69, 9.17) is 5.11 Å². The Balaban J connectivity index is 2.07. The molecule has 0 aliphatic heterocycles. The van der Waals surface area contributed by atoms with E-state index >= 15 is 0 Å².